The summed E-state index contributed by atoms with van der Waals surface area (Å²) < 4.78 is 38.6. The molecule has 1 heterocycles. The largest absolute Gasteiger partial charge is 0.435 e. The lowest BCUT2D eigenvalue weighted by molar-refractivity contribution is -0.141. The highest BCUT2D eigenvalue weighted by Crippen LogP contribution is 2.27. The minimum Gasteiger partial charge on any atom is -0.330 e. The van der Waals surface area contributed by atoms with Crippen LogP contribution in [0.25, 0.3) is 0 Å². The topological polar surface area (TPSA) is 43.8 Å². The first-order valence-electron chi connectivity index (χ1n) is 5.88. The molecule has 0 atom stereocenters. The minimum atomic E-state index is -4.40. The van der Waals surface area contributed by atoms with Gasteiger partial charge in [0.2, 0.25) is 0 Å². The Kier molecular flexibility index (Phi) is 3.90. The summed E-state index contributed by atoms with van der Waals surface area (Å²) in [6.45, 7) is 0.816. The summed E-state index contributed by atoms with van der Waals surface area (Å²) in [6.07, 6.45) is -2.37. The zero-order chi connectivity index (χ0) is 13.9. The van der Waals surface area contributed by atoms with E-state index in [2.05, 4.69) is 5.10 Å². The number of hydrogen-bond donors (Lipinski definition) is 1. The molecule has 0 unspecified atom stereocenters. The van der Waals surface area contributed by atoms with Gasteiger partial charge in [-0.05, 0) is 30.2 Å². The Labute approximate surface area is 108 Å². The summed E-state index contributed by atoms with van der Waals surface area (Å²) in [4.78, 5) is 0. The summed E-state index contributed by atoms with van der Waals surface area (Å²) in [6, 6.07) is 8.52. The molecule has 6 heteroatoms. The number of aromatic nitrogens is 2. The molecule has 3 nitrogen and oxygen atoms in total. The number of halogens is 3. The highest BCUT2D eigenvalue weighted by molar-refractivity contribution is 5.27. The lowest BCUT2D eigenvalue weighted by atomic mass is 10.0. The molecule has 0 saturated heterocycles. The summed E-state index contributed by atoms with van der Waals surface area (Å²) in [5, 5.41) is 3.54. The van der Waals surface area contributed by atoms with E-state index in [4.69, 9.17) is 5.73 Å². The highest BCUT2D eigenvalue weighted by atomic mass is 19.4. The minimum absolute atomic E-state index is 0.312. The van der Waals surface area contributed by atoms with Crippen LogP contribution in [-0.2, 0) is 19.1 Å². The third kappa shape index (κ3) is 3.35. The van der Waals surface area contributed by atoms with Crippen LogP contribution in [0.15, 0.2) is 36.5 Å². The molecule has 0 aliphatic heterocycles. The fraction of sp³-hybridized carbons (Fsp3) is 0.308. The predicted octanol–water partition coefficient (Wildman–Crippen LogP) is 2.45. The number of nitrogens with two attached hydrogens (primary N) is 1. The van der Waals surface area contributed by atoms with Crippen molar-refractivity contribution in [3.63, 3.8) is 0 Å². The number of hydrogen-bond acceptors (Lipinski definition) is 2. The van der Waals surface area contributed by atoms with Gasteiger partial charge in [-0.3, -0.25) is 4.68 Å². The molecule has 0 amide bonds. The monoisotopic (exact) mass is 269 g/mol. The average Bonchev–Trinajstić information content (AvgIpc) is 2.80. The first kappa shape index (κ1) is 13.6. The molecular formula is C13H14F3N3. The molecule has 2 N–H and O–H groups in total. The fourth-order valence-electron chi connectivity index (χ4n) is 1.89. The summed E-state index contributed by atoms with van der Waals surface area (Å²) in [5.41, 5.74) is 6.61. The van der Waals surface area contributed by atoms with E-state index in [0.717, 1.165) is 17.2 Å². The Bertz CT molecular complexity index is 546. The highest BCUT2D eigenvalue weighted by Gasteiger charge is 2.33. The smallest absolute Gasteiger partial charge is 0.330 e. The molecular weight excluding hydrogens is 255 g/mol. The lowest BCUT2D eigenvalue weighted by Gasteiger charge is -2.08. The van der Waals surface area contributed by atoms with Crippen molar-refractivity contribution < 1.29 is 13.2 Å². The summed E-state index contributed by atoms with van der Waals surface area (Å²) >= 11 is 0. The van der Waals surface area contributed by atoms with E-state index in [1.807, 2.05) is 24.3 Å². The normalized spacial score (nSPS) is 11.8. The van der Waals surface area contributed by atoms with Crippen molar-refractivity contribution >= 4 is 0 Å². The molecule has 0 bridgehead atoms. The Hall–Kier alpha value is -1.82. The Balaban J connectivity index is 2.19. The van der Waals surface area contributed by atoms with E-state index < -0.39 is 11.9 Å². The van der Waals surface area contributed by atoms with Crippen LogP contribution < -0.4 is 5.73 Å². The molecule has 2 aromatic rings. The van der Waals surface area contributed by atoms with Gasteiger partial charge in [-0.2, -0.15) is 18.3 Å². The maximum atomic E-state index is 12.4. The van der Waals surface area contributed by atoms with Gasteiger partial charge in [0, 0.05) is 6.20 Å². The molecule has 0 spiro atoms. The third-order valence-corrected chi connectivity index (χ3v) is 2.80. The SMILES string of the molecule is NCCc1ccccc1Cn1ccc(C(F)(F)F)n1. The molecule has 0 aliphatic carbocycles. The van der Waals surface area contributed by atoms with Gasteiger partial charge in [0.25, 0.3) is 0 Å². The first-order chi connectivity index (χ1) is 9.00. The predicted molar refractivity (Wildman–Crippen MR) is 65.5 cm³/mol. The Morgan fingerprint density at radius 2 is 1.79 bits per heavy atom. The Morgan fingerprint density at radius 3 is 2.37 bits per heavy atom. The van der Waals surface area contributed by atoms with Crippen molar-refractivity contribution in [2.45, 2.75) is 19.1 Å². The molecule has 19 heavy (non-hydrogen) atoms. The van der Waals surface area contributed by atoms with Gasteiger partial charge >= 0.3 is 6.18 Å². The van der Waals surface area contributed by atoms with Gasteiger partial charge in [-0.1, -0.05) is 24.3 Å². The van der Waals surface area contributed by atoms with E-state index in [1.165, 1.54) is 10.9 Å². The molecule has 0 fully saturated rings. The van der Waals surface area contributed by atoms with Gasteiger partial charge < -0.3 is 5.73 Å². The van der Waals surface area contributed by atoms with Crippen LogP contribution in [-0.4, -0.2) is 16.3 Å². The fourth-order valence-corrected chi connectivity index (χ4v) is 1.89. The van der Waals surface area contributed by atoms with E-state index >= 15 is 0 Å². The van der Waals surface area contributed by atoms with Crippen LogP contribution in [0.2, 0.25) is 0 Å². The molecule has 1 aromatic carbocycles. The van der Waals surface area contributed by atoms with Crippen LogP contribution >= 0.6 is 0 Å². The number of rotatable bonds is 4. The first-order valence-corrected chi connectivity index (χ1v) is 5.88. The lowest BCUT2D eigenvalue weighted by Crippen LogP contribution is -2.10. The van der Waals surface area contributed by atoms with Crippen molar-refractivity contribution in [2.24, 2.45) is 5.73 Å². The van der Waals surface area contributed by atoms with E-state index in [9.17, 15) is 13.2 Å². The number of benzene rings is 1. The zero-order valence-corrected chi connectivity index (χ0v) is 10.2. The van der Waals surface area contributed by atoms with Crippen LogP contribution in [0.3, 0.4) is 0 Å². The summed E-state index contributed by atoms with van der Waals surface area (Å²) in [7, 11) is 0. The van der Waals surface area contributed by atoms with Crippen molar-refractivity contribution in [3.05, 3.63) is 53.3 Å². The second kappa shape index (κ2) is 5.44. The van der Waals surface area contributed by atoms with Crippen molar-refractivity contribution in [2.75, 3.05) is 6.54 Å². The van der Waals surface area contributed by atoms with Crippen LogP contribution in [0, 0.1) is 0 Å². The number of alkyl halides is 3. The Morgan fingerprint density at radius 1 is 1.11 bits per heavy atom. The molecule has 1 aromatic heterocycles. The number of nitrogens with zero attached hydrogens (tertiary/aromatic N) is 2. The molecule has 0 aliphatic rings. The van der Waals surface area contributed by atoms with Crippen LogP contribution in [0.5, 0.6) is 0 Å². The van der Waals surface area contributed by atoms with E-state index in [1.54, 1.807) is 0 Å². The standard InChI is InChI=1S/C13H14F3N3/c14-13(15,16)12-6-8-19(18-12)9-11-4-2-1-3-10(11)5-7-17/h1-4,6,8H,5,7,9,17H2. The second-order valence-electron chi connectivity index (χ2n) is 4.20. The molecule has 0 radical (unpaired) electrons. The van der Waals surface area contributed by atoms with Crippen molar-refractivity contribution in [1.29, 1.82) is 0 Å². The van der Waals surface area contributed by atoms with Gasteiger partial charge in [0.15, 0.2) is 5.69 Å². The van der Waals surface area contributed by atoms with Crippen LogP contribution in [0.4, 0.5) is 13.2 Å². The second-order valence-corrected chi connectivity index (χ2v) is 4.20. The van der Waals surface area contributed by atoms with Crippen molar-refractivity contribution in [3.8, 4) is 0 Å². The van der Waals surface area contributed by atoms with Gasteiger partial charge in [-0.25, -0.2) is 0 Å². The maximum absolute atomic E-state index is 12.4. The summed E-state index contributed by atoms with van der Waals surface area (Å²) in [5.74, 6) is 0. The van der Waals surface area contributed by atoms with E-state index in [0.29, 0.717) is 19.5 Å². The molecule has 0 saturated carbocycles. The molecule has 2 rings (SSSR count). The van der Waals surface area contributed by atoms with Gasteiger partial charge in [-0.15, -0.1) is 0 Å². The van der Waals surface area contributed by atoms with E-state index in [-0.39, 0.29) is 0 Å². The van der Waals surface area contributed by atoms with Gasteiger partial charge in [0.05, 0.1) is 6.54 Å². The van der Waals surface area contributed by atoms with Crippen LogP contribution in [0.1, 0.15) is 16.8 Å². The molecule has 102 valence electrons. The zero-order valence-electron chi connectivity index (χ0n) is 10.2. The third-order valence-electron chi connectivity index (χ3n) is 2.80. The maximum Gasteiger partial charge on any atom is 0.435 e. The van der Waals surface area contributed by atoms with Gasteiger partial charge in [0.1, 0.15) is 0 Å². The average molecular weight is 269 g/mol. The van der Waals surface area contributed by atoms with Crippen molar-refractivity contribution in [1.82, 2.24) is 9.78 Å². The quantitative estimate of drug-likeness (QED) is 0.926.